The summed E-state index contributed by atoms with van der Waals surface area (Å²) in [5.41, 5.74) is 0. The van der Waals surface area contributed by atoms with Crippen molar-refractivity contribution in [3.63, 3.8) is 0 Å². The fourth-order valence-corrected chi connectivity index (χ4v) is 4.07. The number of anilines is 1. The van der Waals surface area contributed by atoms with Crippen molar-refractivity contribution in [2.75, 3.05) is 11.9 Å². The fourth-order valence-electron chi connectivity index (χ4n) is 3.29. The second-order valence-corrected chi connectivity index (χ2v) is 7.06. The van der Waals surface area contributed by atoms with Crippen LogP contribution in [0.25, 0.3) is 10.2 Å². The Labute approximate surface area is 136 Å². The number of aryl methyl sites for hydroxylation is 1. The van der Waals surface area contributed by atoms with Crippen LogP contribution in [-0.4, -0.2) is 27.7 Å². The van der Waals surface area contributed by atoms with Crippen molar-refractivity contribution in [2.24, 2.45) is 5.92 Å². The van der Waals surface area contributed by atoms with Crippen molar-refractivity contribution in [2.45, 2.75) is 58.0 Å². The van der Waals surface area contributed by atoms with Crippen LogP contribution < -0.4 is 5.32 Å². The third-order valence-corrected chi connectivity index (χ3v) is 5.41. The average Bonchev–Trinajstić information content (AvgIpc) is 3.01. The van der Waals surface area contributed by atoms with Gasteiger partial charge in [-0.05, 0) is 43.0 Å². The number of nitrogens with one attached hydrogen (secondary N) is 1. The van der Waals surface area contributed by atoms with Crippen LogP contribution in [0, 0.1) is 5.92 Å². The molecule has 120 valence electrons. The molecule has 2 N–H and O–H groups in total. The molecule has 0 bridgehead atoms. The average molecular weight is 319 g/mol. The van der Waals surface area contributed by atoms with Crippen LogP contribution in [0.3, 0.4) is 0 Å². The number of hydrogen-bond donors (Lipinski definition) is 2. The van der Waals surface area contributed by atoms with Gasteiger partial charge in [-0.3, -0.25) is 0 Å². The van der Waals surface area contributed by atoms with E-state index in [-0.39, 0.29) is 6.10 Å². The number of rotatable bonds is 6. The minimum atomic E-state index is -0.0805. The molecule has 0 radical (unpaired) electrons. The van der Waals surface area contributed by atoms with Gasteiger partial charge in [-0.2, -0.15) is 0 Å². The molecule has 3 rings (SSSR count). The maximum Gasteiger partial charge on any atom is 0.138 e. The summed E-state index contributed by atoms with van der Waals surface area (Å²) >= 11 is 1.67. The Morgan fingerprint density at radius 1 is 1.32 bits per heavy atom. The second-order valence-electron chi connectivity index (χ2n) is 6.16. The minimum Gasteiger partial charge on any atom is -0.393 e. The Bertz CT molecular complexity index is 613. The van der Waals surface area contributed by atoms with E-state index < -0.39 is 0 Å². The smallest absolute Gasteiger partial charge is 0.138 e. The summed E-state index contributed by atoms with van der Waals surface area (Å²) in [6, 6.07) is 2.09. The van der Waals surface area contributed by atoms with Gasteiger partial charge in [0, 0.05) is 13.0 Å². The molecule has 1 aliphatic carbocycles. The Balaban J connectivity index is 1.56. The summed E-state index contributed by atoms with van der Waals surface area (Å²) in [5, 5.41) is 16.7. The Morgan fingerprint density at radius 2 is 2.18 bits per heavy atom. The number of hydrogen-bond acceptors (Lipinski definition) is 5. The number of aliphatic hydroxyl groups excluding tert-OH is 1. The highest BCUT2D eigenvalue weighted by molar-refractivity contribution is 7.16. The van der Waals surface area contributed by atoms with E-state index in [0.29, 0.717) is 5.92 Å². The van der Waals surface area contributed by atoms with Crippen molar-refractivity contribution in [1.82, 2.24) is 9.97 Å². The lowest BCUT2D eigenvalue weighted by Crippen LogP contribution is -2.24. The summed E-state index contributed by atoms with van der Waals surface area (Å²) < 4.78 is 0. The first kappa shape index (κ1) is 15.7. The third-order valence-electron chi connectivity index (χ3n) is 4.60. The molecule has 5 heteroatoms. The van der Waals surface area contributed by atoms with E-state index in [0.717, 1.165) is 54.1 Å². The summed E-state index contributed by atoms with van der Waals surface area (Å²) in [7, 11) is 0. The molecule has 2 heterocycles. The lowest BCUT2D eigenvalue weighted by atomic mass is 9.83. The topological polar surface area (TPSA) is 58.0 Å². The zero-order valence-corrected chi connectivity index (χ0v) is 14.0. The maximum atomic E-state index is 10.0. The minimum absolute atomic E-state index is 0.0805. The van der Waals surface area contributed by atoms with Gasteiger partial charge in [0.25, 0.3) is 0 Å². The van der Waals surface area contributed by atoms with Gasteiger partial charge in [0.1, 0.15) is 16.5 Å². The first-order valence-corrected chi connectivity index (χ1v) is 9.32. The summed E-state index contributed by atoms with van der Waals surface area (Å²) in [6.45, 7) is 3.00. The molecule has 1 aliphatic rings. The Morgan fingerprint density at radius 3 is 3.00 bits per heavy atom. The van der Waals surface area contributed by atoms with E-state index >= 15 is 0 Å². The number of nitrogens with zero attached hydrogens (tertiary/aromatic N) is 2. The van der Waals surface area contributed by atoms with Gasteiger partial charge in [-0.1, -0.05) is 19.8 Å². The molecule has 1 fully saturated rings. The highest BCUT2D eigenvalue weighted by Gasteiger charge is 2.22. The predicted octanol–water partition coefficient (Wildman–Crippen LogP) is 4.00. The van der Waals surface area contributed by atoms with Crippen molar-refractivity contribution in [1.29, 1.82) is 0 Å². The molecule has 2 aromatic heterocycles. The Hall–Kier alpha value is -1.20. The molecule has 0 saturated heterocycles. The first-order chi connectivity index (χ1) is 10.8. The van der Waals surface area contributed by atoms with Gasteiger partial charge in [0.15, 0.2) is 0 Å². The van der Waals surface area contributed by atoms with Crippen LogP contribution in [0.5, 0.6) is 0 Å². The highest BCUT2D eigenvalue weighted by Crippen LogP contribution is 2.28. The molecule has 0 amide bonds. The molecule has 22 heavy (non-hydrogen) atoms. The monoisotopic (exact) mass is 319 g/mol. The van der Waals surface area contributed by atoms with Crippen molar-refractivity contribution in [3.05, 3.63) is 17.3 Å². The lowest BCUT2D eigenvalue weighted by molar-refractivity contribution is 0.0648. The van der Waals surface area contributed by atoms with Crippen LogP contribution in [0.2, 0.25) is 0 Å². The van der Waals surface area contributed by atoms with Crippen LogP contribution in [-0.2, 0) is 6.42 Å². The van der Waals surface area contributed by atoms with E-state index in [9.17, 15) is 5.11 Å². The molecule has 0 aromatic carbocycles. The lowest BCUT2D eigenvalue weighted by Gasteiger charge is -2.27. The van der Waals surface area contributed by atoms with Gasteiger partial charge < -0.3 is 10.4 Å². The second kappa shape index (κ2) is 7.38. The van der Waals surface area contributed by atoms with Gasteiger partial charge in [0.2, 0.25) is 0 Å². The molecule has 0 spiro atoms. The largest absolute Gasteiger partial charge is 0.393 e. The number of aliphatic hydroxyl groups is 1. The van der Waals surface area contributed by atoms with Crippen molar-refractivity contribution < 1.29 is 5.11 Å². The van der Waals surface area contributed by atoms with Crippen molar-refractivity contribution in [3.8, 4) is 0 Å². The molecule has 4 nitrogen and oxygen atoms in total. The zero-order valence-electron chi connectivity index (χ0n) is 13.2. The van der Waals surface area contributed by atoms with E-state index in [4.69, 9.17) is 0 Å². The van der Waals surface area contributed by atoms with Crippen LogP contribution in [0.15, 0.2) is 11.4 Å². The number of fused-ring (bicyclic) bond motifs is 1. The van der Waals surface area contributed by atoms with E-state index in [1.165, 1.54) is 19.3 Å². The van der Waals surface area contributed by atoms with Gasteiger partial charge in [-0.15, -0.1) is 11.3 Å². The number of thiophene rings is 1. The van der Waals surface area contributed by atoms with Gasteiger partial charge in [0.05, 0.1) is 11.5 Å². The predicted molar refractivity (Wildman–Crippen MR) is 92.5 cm³/mol. The quantitative estimate of drug-likeness (QED) is 0.790. The van der Waals surface area contributed by atoms with Gasteiger partial charge >= 0.3 is 0 Å². The summed E-state index contributed by atoms with van der Waals surface area (Å²) in [5.74, 6) is 2.36. The molecule has 2 unspecified atom stereocenters. The SMILES string of the molecule is CCc1nc(NCCCC2CCCCC2O)c2ccsc2n1. The molecular formula is C17H25N3OS. The molecule has 0 aliphatic heterocycles. The fraction of sp³-hybridized carbons (Fsp3) is 0.647. The van der Waals surface area contributed by atoms with Crippen LogP contribution in [0.4, 0.5) is 5.82 Å². The van der Waals surface area contributed by atoms with E-state index in [1.54, 1.807) is 11.3 Å². The van der Waals surface area contributed by atoms with E-state index in [2.05, 4.69) is 33.7 Å². The maximum absolute atomic E-state index is 10.0. The number of aromatic nitrogens is 2. The zero-order chi connectivity index (χ0) is 15.4. The Kier molecular flexibility index (Phi) is 5.26. The van der Waals surface area contributed by atoms with Crippen LogP contribution in [0.1, 0.15) is 51.3 Å². The van der Waals surface area contributed by atoms with E-state index in [1.807, 2.05) is 0 Å². The molecule has 2 aromatic rings. The summed E-state index contributed by atoms with van der Waals surface area (Å²) in [6.07, 6.45) is 7.59. The standard InChI is InChI=1S/C17H25N3OS/c1-2-15-19-16(13-9-11-22-17(13)20-15)18-10-5-7-12-6-3-4-8-14(12)21/h9,11-12,14,21H,2-8,10H2,1H3,(H,18,19,20). The van der Waals surface area contributed by atoms with Crippen molar-refractivity contribution >= 4 is 27.4 Å². The van der Waals surface area contributed by atoms with Gasteiger partial charge in [-0.25, -0.2) is 9.97 Å². The molecule has 2 atom stereocenters. The summed E-state index contributed by atoms with van der Waals surface area (Å²) in [4.78, 5) is 10.3. The molecule has 1 saturated carbocycles. The third kappa shape index (κ3) is 3.58. The highest BCUT2D eigenvalue weighted by atomic mass is 32.1. The molecular weight excluding hydrogens is 294 g/mol. The van der Waals surface area contributed by atoms with Crippen LogP contribution >= 0.6 is 11.3 Å². The first-order valence-electron chi connectivity index (χ1n) is 8.44. The normalized spacial score (nSPS) is 22.1.